The zero-order valence-electron chi connectivity index (χ0n) is 14.4. The van der Waals surface area contributed by atoms with E-state index in [4.69, 9.17) is 11.1 Å². The third kappa shape index (κ3) is 3.86. The molecule has 0 aromatic heterocycles. The van der Waals surface area contributed by atoms with Gasteiger partial charge >= 0.3 is 0 Å². The Morgan fingerprint density at radius 2 is 1.93 bits per heavy atom. The molecule has 5 N–H and O–H groups in total. The Kier molecular flexibility index (Phi) is 5.29. The summed E-state index contributed by atoms with van der Waals surface area (Å²) in [6.07, 6.45) is 3.25. The molecule has 0 aliphatic carbocycles. The Bertz CT molecular complexity index is 929. The van der Waals surface area contributed by atoms with E-state index in [2.05, 4.69) is 5.32 Å². The molecule has 0 saturated carbocycles. The minimum Gasteiger partial charge on any atom is -0.377 e. The van der Waals surface area contributed by atoms with Gasteiger partial charge in [-0.05, 0) is 35.9 Å². The highest BCUT2D eigenvalue weighted by Gasteiger charge is 2.35. The first kappa shape index (κ1) is 19.1. The van der Waals surface area contributed by atoms with Crippen molar-refractivity contribution in [2.75, 3.05) is 11.6 Å². The van der Waals surface area contributed by atoms with E-state index >= 15 is 0 Å². The van der Waals surface area contributed by atoms with Crippen LogP contribution in [0, 0.1) is 23.0 Å². The number of nitrogens with two attached hydrogens (primary N) is 1. The molecule has 0 radical (unpaired) electrons. The highest BCUT2D eigenvalue weighted by molar-refractivity contribution is 7.93. The molecule has 5 nitrogen and oxygen atoms in total. The molecule has 140 valence electrons. The van der Waals surface area contributed by atoms with Crippen LogP contribution < -0.4 is 11.1 Å². The molecule has 3 rings (SSSR count). The lowest BCUT2D eigenvalue weighted by Crippen LogP contribution is -2.34. The Morgan fingerprint density at radius 1 is 1.26 bits per heavy atom. The second-order valence-corrected chi connectivity index (χ2v) is 7.52. The van der Waals surface area contributed by atoms with Crippen molar-refractivity contribution in [1.82, 2.24) is 0 Å². The Labute approximate surface area is 158 Å². The number of primary amides is 1. The van der Waals surface area contributed by atoms with Gasteiger partial charge in [0.15, 0.2) is 16.6 Å². The van der Waals surface area contributed by atoms with Crippen molar-refractivity contribution >= 4 is 28.5 Å². The molecule has 8 heteroatoms. The number of hydrogen-bond acceptors (Lipinski definition) is 4. The van der Waals surface area contributed by atoms with Crippen LogP contribution in [0.2, 0.25) is 0 Å². The lowest BCUT2D eigenvalue weighted by molar-refractivity contribution is 0.0999. The number of carbonyl (C=O) groups is 1. The predicted octanol–water partition coefficient (Wildman–Crippen LogP) is 3.45. The standard InChI is InChI=1S/C19H17F2N3O2S/c1-27(26)7-6-13-17(22)16-14(19(23)25)8-12(21)9-15(16)24-18(13)10-2-4-11(20)5-3-10/h2-9,13,18,26H,1H3,(H3-,22,23,24,25)/p+1/b7-6+/t13-,18+,27?/m0/s1. The van der Waals surface area contributed by atoms with Gasteiger partial charge in [0.1, 0.15) is 17.9 Å². The van der Waals surface area contributed by atoms with E-state index in [0.29, 0.717) is 5.56 Å². The van der Waals surface area contributed by atoms with E-state index in [1.807, 2.05) is 0 Å². The minimum absolute atomic E-state index is 0.0635. The second kappa shape index (κ2) is 7.50. The fraction of sp³-hybridized carbons (Fsp3) is 0.158. The van der Waals surface area contributed by atoms with Gasteiger partial charge in [-0.15, -0.1) is 0 Å². The Balaban J connectivity index is 2.16. The third-order valence-electron chi connectivity index (χ3n) is 4.35. The summed E-state index contributed by atoms with van der Waals surface area (Å²) in [5.74, 6) is -2.46. The summed E-state index contributed by atoms with van der Waals surface area (Å²) in [7, 11) is 0. The normalized spacial score (nSPS) is 20.2. The molecule has 0 bridgehead atoms. The van der Waals surface area contributed by atoms with Gasteiger partial charge in [-0.25, -0.2) is 8.78 Å². The van der Waals surface area contributed by atoms with Crippen LogP contribution >= 0.6 is 0 Å². The number of anilines is 1. The number of rotatable bonds is 4. The molecule has 1 aliphatic rings. The maximum atomic E-state index is 14.0. The van der Waals surface area contributed by atoms with Crippen LogP contribution in [0.15, 0.2) is 47.9 Å². The summed E-state index contributed by atoms with van der Waals surface area (Å²) in [6, 6.07) is 7.45. The highest BCUT2D eigenvalue weighted by Crippen LogP contribution is 2.39. The third-order valence-corrected chi connectivity index (χ3v) is 4.90. The number of carbonyl (C=O) groups excluding carboxylic acids is 1. The van der Waals surface area contributed by atoms with E-state index in [9.17, 15) is 18.1 Å². The number of nitrogens with one attached hydrogen (secondary N) is 2. The van der Waals surface area contributed by atoms with Gasteiger partial charge in [0, 0.05) is 17.2 Å². The van der Waals surface area contributed by atoms with Gasteiger partial charge in [0.2, 0.25) is 5.91 Å². The monoisotopic (exact) mass is 390 g/mol. The maximum Gasteiger partial charge on any atom is 0.249 e. The van der Waals surface area contributed by atoms with Crippen LogP contribution in [-0.4, -0.2) is 22.4 Å². The maximum absolute atomic E-state index is 14.0. The molecule has 0 fully saturated rings. The van der Waals surface area contributed by atoms with Crippen LogP contribution in [-0.2, 0) is 11.2 Å². The largest absolute Gasteiger partial charge is 0.377 e. The molecule has 1 heterocycles. The van der Waals surface area contributed by atoms with E-state index in [1.165, 1.54) is 18.2 Å². The lowest BCUT2D eigenvalue weighted by atomic mass is 9.80. The molecule has 1 aliphatic heterocycles. The molecular weight excluding hydrogens is 372 g/mol. The van der Waals surface area contributed by atoms with Gasteiger partial charge in [0.05, 0.1) is 17.3 Å². The first-order valence-corrected chi connectivity index (χ1v) is 9.69. The summed E-state index contributed by atoms with van der Waals surface area (Å²) in [5.41, 5.74) is 6.53. The fourth-order valence-electron chi connectivity index (χ4n) is 3.16. The first-order chi connectivity index (χ1) is 12.8. The summed E-state index contributed by atoms with van der Waals surface area (Å²) >= 11 is -0.999. The quantitative estimate of drug-likeness (QED) is 0.602. The van der Waals surface area contributed by atoms with Crippen molar-refractivity contribution in [2.45, 2.75) is 6.04 Å². The van der Waals surface area contributed by atoms with E-state index < -0.39 is 40.7 Å². The minimum atomic E-state index is -0.999. The number of fused-ring (bicyclic) bond motifs is 1. The van der Waals surface area contributed by atoms with Crippen LogP contribution in [0.5, 0.6) is 0 Å². The smallest absolute Gasteiger partial charge is 0.249 e. The fourth-order valence-corrected chi connectivity index (χ4v) is 3.56. The van der Waals surface area contributed by atoms with Gasteiger partial charge in [-0.2, -0.15) is 4.55 Å². The Hall–Kier alpha value is -2.71. The molecule has 1 unspecified atom stereocenters. The number of amides is 1. The zero-order chi connectivity index (χ0) is 19.7. The topological polar surface area (TPSA) is 99.2 Å². The van der Waals surface area contributed by atoms with Crippen molar-refractivity contribution in [3.63, 3.8) is 0 Å². The van der Waals surface area contributed by atoms with E-state index in [-0.39, 0.29) is 22.5 Å². The molecule has 27 heavy (non-hydrogen) atoms. The van der Waals surface area contributed by atoms with E-state index in [0.717, 1.165) is 6.07 Å². The van der Waals surface area contributed by atoms with E-state index in [1.54, 1.807) is 29.9 Å². The van der Waals surface area contributed by atoms with Gasteiger partial charge < -0.3 is 16.5 Å². The summed E-state index contributed by atoms with van der Waals surface area (Å²) in [4.78, 5) is 11.8. The SMILES string of the molecule is C[S+](O)/C=C/[C@H]1C(=N)c2c(cc(F)cc2C(N)=O)N[C@@H]1c1ccc(F)cc1. The zero-order valence-corrected chi connectivity index (χ0v) is 15.2. The molecule has 2 aromatic carbocycles. The molecule has 0 saturated heterocycles. The van der Waals surface area contributed by atoms with Crippen molar-refractivity contribution in [3.05, 3.63) is 76.2 Å². The van der Waals surface area contributed by atoms with Crippen LogP contribution in [0.3, 0.4) is 0 Å². The van der Waals surface area contributed by atoms with Crippen molar-refractivity contribution < 1.29 is 18.1 Å². The van der Waals surface area contributed by atoms with Crippen LogP contribution in [0.25, 0.3) is 0 Å². The number of halogens is 2. The summed E-state index contributed by atoms with van der Waals surface area (Å²) in [6.45, 7) is 0. The average molecular weight is 390 g/mol. The van der Waals surface area contributed by atoms with Crippen molar-refractivity contribution in [2.24, 2.45) is 11.7 Å². The molecule has 0 spiro atoms. The first-order valence-electron chi connectivity index (χ1n) is 8.04. The number of benzene rings is 2. The van der Waals surface area contributed by atoms with Crippen molar-refractivity contribution in [1.29, 1.82) is 5.41 Å². The van der Waals surface area contributed by atoms with Crippen molar-refractivity contribution in [3.8, 4) is 0 Å². The van der Waals surface area contributed by atoms with Gasteiger partial charge in [-0.1, -0.05) is 12.1 Å². The highest BCUT2D eigenvalue weighted by atomic mass is 32.2. The van der Waals surface area contributed by atoms with Crippen LogP contribution in [0.4, 0.5) is 14.5 Å². The molecule has 3 atom stereocenters. The predicted molar refractivity (Wildman–Crippen MR) is 103 cm³/mol. The molecular formula is C19H18F2N3O2S+. The lowest BCUT2D eigenvalue weighted by Gasteiger charge is -2.34. The Morgan fingerprint density at radius 3 is 2.52 bits per heavy atom. The number of hydrogen-bond donors (Lipinski definition) is 4. The molecule has 2 aromatic rings. The summed E-state index contributed by atoms with van der Waals surface area (Å²) in [5, 5.41) is 13.3. The second-order valence-electron chi connectivity index (χ2n) is 6.21. The average Bonchev–Trinajstić information content (AvgIpc) is 2.60. The molecule has 1 amide bonds. The van der Waals surface area contributed by atoms with Gasteiger partial charge in [0.25, 0.3) is 0 Å². The van der Waals surface area contributed by atoms with Gasteiger partial charge in [-0.3, -0.25) is 4.79 Å². The van der Waals surface area contributed by atoms with Crippen LogP contribution in [0.1, 0.15) is 27.5 Å². The summed E-state index contributed by atoms with van der Waals surface area (Å²) < 4.78 is 36.9.